The number of para-hydroxylation sites is 1. The molecule has 2 rings (SSSR count). The number of benzene rings is 1. The maximum atomic E-state index is 11.7. The topological polar surface area (TPSA) is 76.7 Å². The first-order chi connectivity index (χ1) is 9.58. The third-order valence-corrected chi connectivity index (χ3v) is 3.18. The molecule has 2 amide bonds. The molecule has 0 spiro atoms. The van der Waals surface area contributed by atoms with Crippen molar-refractivity contribution in [3.05, 3.63) is 41.1 Å². The van der Waals surface area contributed by atoms with Gasteiger partial charge in [-0.1, -0.05) is 18.2 Å². The highest BCUT2D eigenvalue weighted by atomic mass is 16.5. The molecule has 0 bridgehead atoms. The van der Waals surface area contributed by atoms with E-state index >= 15 is 0 Å². The van der Waals surface area contributed by atoms with Gasteiger partial charge in [0.25, 0.3) is 0 Å². The van der Waals surface area contributed by atoms with Crippen molar-refractivity contribution in [3.8, 4) is 5.75 Å². The summed E-state index contributed by atoms with van der Waals surface area (Å²) < 4.78 is 9.97. The molecule has 1 aromatic carbocycles. The molecule has 1 atom stereocenters. The molecule has 0 unspecified atom stereocenters. The van der Waals surface area contributed by atoms with Gasteiger partial charge in [-0.05, 0) is 18.6 Å². The number of esters is 1. The van der Waals surface area contributed by atoms with Crippen molar-refractivity contribution in [2.75, 3.05) is 14.2 Å². The number of carbonyl (C=O) groups is 2. The number of hydrogen-bond donors (Lipinski definition) is 2. The lowest BCUT2D eigenvalue weighted by molar-refractivity contribution is -0.136. The van der Waals surface area contributed by atoms with Crippen molar-refractivity contribution in [2.24, 2.45) is 0 Å². The van der Waals surface area contributed by atoms with Gasteiger partial charge in [-0.25, -0.2) is 9.59 Å². The summed E-state index contributed by atoms with van der Waals surface area (Å²) in [5.41, 5.74) is 1.61. The van der Waals surface area contributed by atoms with Gasteiger partial charge in [-0.15, -0.1) is 0 Å². The highest BCUT2D eigenvalue weighted by Gasteiger charge is 2.30. The molecule has 0 aliphatic carbocycles. The first-order valence-electron chi connectivity index (χ1n) is 6.08. The Morgan fingerprint density at radius 3 is 2.60 bits per heavy atom. The number of nitrogens with one attached hydrogen (secondary N) is 2. The average Bonchev–Trinajstić information content (AvgIpc) is 2.48. The van der Waals surface area contributed by atoms with E-state index in [0.717, 1.165) is 5.56 Å². The minimum atomic E-state index is -0.572. The Balaban J connectivity index is 2.49. The predicted molar refractivity (Wildman–Crippen MR) is 72.1 cm³/mol. The van der Waals surface area contributed by atoms with Crippen LogP contribution in [0.25, 0.3) is 0 Å². The fourth-order valence-corrected chi connectivity index (χ4v) is 2.16. The van der Waals surface area contributed by atoms with Crippen LogP contribution in [0.4, 0.5) is 4.79 Å². The SMILES string of the molecule is COC(=O)C1=C(C)[C@@H](c2ccccc2OC)NC(=O)N1. The normalized spacial score (nSPS) is 18.1. The van der Waals surface area contributed by atoms with Crippen LogP contribution in [-0.2, 0) is 9.53 Å². The Labute approximate surface area is 116 Å². The molecule has 1 aromatic rings. The van der Waals surface area contributed by atoms with Crippen molar-refractivity contribution < 1.29 is 19.1 Å². The Morgan fingerprint density at radius 2 is 1.95 bits per heavy atom. The van der Waals surface area contributed by atoms with Crippen LogP contribution in [0.5, 0.6) is 5.75 Å². The largest absolute Gasteiger partial charge is 0.496 e. The van der Waals surface area contributed by atoms with Crippen LogP contribution in [0.1, 0.15) is 18.5 Å². The first-order valence-corrected chi connectivity index (χ1v) is 6.08. The summed E-state index contributed by atoms with van der Waals surface area (Å²) >= 11 is 0. The van der Waals surface area contributed by atoms with Crippen molar-refractivity contribution in [2.45, 2.75) is 13.0 Å². The third-order valence-electron chi connectivity index (χ3n) is 3.18. The van der Waals surface area contributed by atoms with Crippen LogP contribution in [0, 0.1) is 0 Å². The molecule has 1 aliphatic heterocycles. The maximum Gasteiger partial charge on any atom is 0.354 e. The number of urea groups is 1. The summed E-state index contributed by atoms with van der Waals surface area (Å²) in [4.78, 5) is 23.4. The lowest BCUT2D eigenvalue weighted by Gasteiger charge is -2.28. The highest BCUT2D eigenvalue weighted by Crippen LogP contribution is 2.32. The summed E-state index contributed by atoms with van der Waals surface area (Å²) in [6.07, 6.45) is 0. The summed E-state index contributed by atoms with van der Waals surface area (Å²) in [5.74, 6) is 0.0699. The summed E-state index contributed by atoms with van der Waals surface area (Å²) in [5, 5.41) is 5.24. The first kappa shape index (κ1) is 13.9. The van der Waals surface area contributed by atoms with Crippen molar-refractivity contribution in [3.63, 3.8) is 0 Å². The molecule has 0 fully saturated rings. The smallest absolute Gasteiger partial charge is 0.354 e. The summed E-state index contributed by atoms with van der Waals surface area (Å²) in [7, 11) is 2.83. The van der Waals surface area contributed by atoms with Crippen LogP contribution in [0.15, 0.2) is 35.5 Å². The molecule has 1 heterocycles. The van der Waals surface area contributed by atoms with E-state index in [1.165, 1.54) is 7.11 Å². The lowest BCUT2D eigenvalue weighted by atomic mass is 9.96. The molecule has 0 aromatic heterocycles. The third kappa shape index (κ3) is 2.45. The maximum absolute atomic E-state index is 11.7. The van der Waals surface area contributed by atoms with E-state index in [-0.39, 0.29) is 5.70 Å². The molecule has 0 saturated carbocycles. The van der Waals surface area contributed by atoms with E-state index < -0.39 is 18.0 Å². The second-order valence-electron chi connectivity index (χ2n) is 4.32. The monoisotopic (exact) mass is 276 g/mol. The van der Waals surface area contributed by atoms with Gasteiger partial charge in [0.2, 0.25) is 0 Å². The lowest BCUT2D eigenvalue weighted by Crippen LogP contribution is -2.45. The zero-order valence-electron chi connectivity index (χ0n) is 11.5. The van der Waals surface area contributed by atoms with Crippen LogP contribution in [-0.4, -0.2) is 26.2 Å². The molecule has 6 nitrogen and oxygen atoms in total. The molecular weight excluding hydrogens is 260 g/mol. The molecule has 0 saturated heterocycles. The molecule has 1 aliphatic rings. The molecule has 0 radical (unpaired) electrons. The fourth-order valence-electron chi connectivity index (χ4n) is 2.16. The molecular formula is C14H16N2O4. The van der Waals surface area contributed by atoms with Crippen LogP contribution >= 0.6 is 0 Å². The van der Waals surface area contributed by atoms with Crippen molar-refractivity contribution in [1.82, 2.24) is 10.6 Å². The van der Waals surface area contributed by atoms with Crippen LogP contribution in [0.3, 0.4) is 0 Å². The number of rotatable bonds is 3. The van der Waals surface area contributed by atoms with Gasteiger partial charge in [-0.3, -0.25) is 0 Å². The number of ether oxygens (including phenoxy) is 2. The Bertz CT molecular complexity index is 580. The summed E-state index contributed by atoms with van der Waals surface area (Å²) in [6.45, 7) is 1.76. The number of carbonyl (C=O) groups excluding carboxylic acids is 2. The number of methoxy groups -OCH3 is 2. The van der Waals surface area contributed by atoms with E-state index in [9.17, 15) is 9.59 Å². The van der Waals surface area contributed by atoms with E-state index in [1.807, 2.05) is 18.2 Å². The molecule has 6 heteroatoms. The van der Waals surface area contributed by atoms with Gasteiger partial charge in [0, 0.05) is 5.56 Å². The van der Waals surface area contributed by atoms with Crippen LogP contribution in [0.2, 0.25) is 0 Å². The van der Waals surface area contributed by atoms with Crippen LogP contribution < -0.4 is 15.4 Å². The predicted octanol–water partition coefficient (Wildman–Crippen LogP) is 1.50. The van der Waals surface area contributed by atoms with E-state index in [2.05, 4.69) is 15.4 Å². The number of hydrogen-bond acceptors (Lipinski definition) is 4. The van der Waals surface area contributed by atoms with Gasteiger partial charge in [0.1, 0.15) is 11.4 Å². The standard InChI is InChI=1S/C14H16N2O4/c1-8-11(9-6-4-5-7-10(9)19-2)15-14(18)16-12(8)13(17)20-3/h4-7,11H,1-3H3,(H2,15,16,18)/t11-/m0/s1. The summed E-state index contributed by atoms with van der Waals surface area (Å²) in [6, 6.07) is 6.44. The van der Waals surface area contributed by atoms with E-state index in [4.69, 9.17) is 4.74 Å². The van der Waals surface area contributed by atoms with Gasteiger partial charge in [0.05, 0.1) is 20.3 Å². The van der Waals surface area contributed by atoms with Crippen molar-refractivity contribution >= 4 is 12.0 Å². The van der Waals surface area contributed by atoms with Gasteiger partial charge >= 0.3 is 12.0 Å². The van der Waals surface area contributed by atoms with Crippen molar-refractivity contribution in [1.29, 1.82) is 0 Å². The molecule has 2 N–H and O–H groups in total. The average molecular weight is 276 g/mol. The zero-order valence-corrected chi connectivity index (χ0v) is 11.5. The van der Waals surface area contributed by atoms with E-state index in [0.29, 0.717) is 11.3 Å². The molecule has 106 valence electrons. The Morgan fingerprint density at radius 1 is 1.25 bits per heavy atom. The van der Waals surface area contributed by atoms with Gasteiger partial charge in [0.15, 0.2) is 0 Å². The quantitative estimate of drug-likeness (QED) is 0.820. The van der Waals surface area contributed by atoms with Gasteiger partial charge < -0.3 is 20.1 Å². The second-order valence-corrected chi connectivity index (χ2v) is 4.32. The van der Waals surface area contributed by atoms with Gasteiger partial charge in [-0.2, -0.15) is 0 Å². The Kier molecular flexibility index (Phi) is 3.93. The number of amides is 2. The zero-order chi connectivity index (χ0) is 14.7. The van der Waals surface area contributed by atoms with E-state index in [1.54, 1.807) is 20.1 Å². The molecule has 20 heavy (non-hydrogen) atoms. The Hall–Kier alpha value is -2.50. The minimum Gasteiger partial charge on any atom is -0.496 e. The highest BCUT2D eigenvalue weighted by molar-refractivity contribution is 5.96. The fraction of sp³-hybridized carbons (Fsp3) is 0.286. The minimum absolute atomic E-state index is 0.159. The second kappa shape index (κ2) is 5.64.